The molecule has 2 heterocycles. The number of benzene rings is 2. The van der Waals surface area contributed by atoms with Crippen LogP contribution in [0.5, 0.6) is 0 Å². The average Bonchev–Trinajstić information content (AvgIpc) is 3.40. The minimum atomic E-state index is -1.07. The van der Waals surface area contributed by atoms with Crippen molar-refractivity contribution in [3.05, 3.63) is 90.6 Å². The third-order valence-electron chi connectivity index (χ3n) is 5.14. The van der Waals surface area contributed by atoms with E-state index in [0.29, 0.717) is 10.7 Å². The molecule has 8 nitrogen and oxygen atoms in total. The number of nitro benzene ring substituents is 1. The molecule has 1 aliphatic rings. The molecule has 2 aromatic carbocycles. The van der Waals surface area contributed by atoms with Gasteiger partial charge in [0, 0.05) is 21.5 Å². The molecule has 3 aromatic rings. The number of amides is 3. The maximum absolute atomic E-state index is 13.4. The van der Waals surface area contributed by atoms with Gasteiger partial charge in [0.25, 0.3) is 17.5 Å². The zero-order chi connectivity index (χ0) is 23.7. The largest absolute Gasteiger partial charge is 0.321 e. The highest BCUT2D eigenvalue weighted by Crippen LogP contribution is 2.31. The molecule has 0 bridgehead atoms. The molecule has 0 aliphatic carbocycles. The van der Waals surface area contributed by atoms with E-state index in [2.05, 4.69) is 0 Å². The number of imide groups is 1. The van der Waals surface area contributed by atoms with Crippen LogP contribution in [0, 0.1) is 10.1 Å². The molecule has 1 aromatic heterocycles. The van der Waals surface area contributed by atoms with Gasteiger partial charge in [-0.05, 0) is 47.8 Å². The summed E-state index contributed by atoms with van der Waals surface area (Å²) in [5.74, 6) is -1.64. The van der Waals surface area contributed by atoms with Crippen LogP contribution in [0.2, 0.25) is 10.0 Å². The van der Waals surface area contributed by atoms with E-state index in [-0.39, 0.29) is 23.6 Å². The zero-order valence-electron chi connectivity index (χ0n) is 16.8. The number of rotatable bonds is 6. The van der Waals surface area contributed by atoms with E-state index < -0.39 is 34.4 Å². The lowest BCUT2D eigenvalue weighted by Gasteiger charge is -2.27. The normalized spacial score (nSPS) is 15.7. The second kappa shape index (κ2) is 9.30. The Morgan fingerprint density at radius 1 is 1.15 bits per heavy atom. The molecule has 1 aliphatic heterocycles. The van der Waals surface area contributed by atoms with E-state index in [1.807, 2.05) is 5.38 Å². The van der Waals surface area contributed by atoms with Crippen molar-refractivity contribution < 1.29 is 19.3 Å². The maximum Gasteiger partial charge on any atom is 0.288 e. The topological polar surface area (TPSA) is 101 Å². The van der Waals surface area contributed by atoms with Gasteiger partial charge in [0.1, 0.15) is 11.1 Å². The van der Waals surface area contributed by atoms with Crippen molar-refractivity contribution in [1.29, 1.82) is 0 Å². The van der Waals surface area contributed by atoms with E-state index in [1.54, 1.807) is 36.4 Å². The van der Waals surface area contributed by atoms with Crippen molar-refractivity contribution in [2.24, 2.45) is 0 Å². The van der Waals surface area contributed by atoms with Crippen LogP contribution >= 0.6 is 34.5 Å². The highest BCUT2D eigenvalue weighted by molar-refractivity contribution is 7.09. The zero-order valence-corrected chi connectivity index (χ0v) is 19.1. The molecule has 11 heteroatoms. The Morgan fingerprint density at radius 2 is 1.88 bits per heavy atom. The second-order valence-electron chi connectivity index (χ2n) is 7.20. The number of halogens is 2. The number of thiophene rings is 1. The maximum atomic E-state index is 13.4. The predicted octanol–water partition coefficient (Wildman–Crippen LogP) is 4.94. The first kappa shape index (κ1) is 22.9. The first-order chi connectivity index (χ1) is 15.8. The van der Waals surface area contributed by atoms with Gasteiger partial charge in [-0.2, -0.15) is 0 Å². The summed E-state index contributed by atoms with van der Waals surface area (Å²) in [7, 11) is 0. The minimum absolute atomic E-state index is 0.00662. The summed E-state index contributed by atoms with van der Waals surface area (Å²) >= 11 is 13.2. The Morgan fingerprint density at radius 3 is 2.52 bits per heavy atom. The highest BCUT2D eigenvalue weighted by atomic mass is 35.5. The van der Waals surface area contributed by atoms with E-state index in [1.165, 1.54) is 28.4 Å². The van der Waals surface area contributed by atoms with Crippen LogP contribution in [0.4, 0.5) is 11.4 Å². The van der Waals surface area contributed by atoms with Crippen LogP contribution in [0.1, 0.15) is 21.7 Å². The fourth-order valence-corrected chi connectivity index (χ4v) is 4.58. The third kappa shape index (κ3) is 4.61. The summed E-state index contributed by atoms with van der Waals surface area (Å²) < 4.78 is 0. The molecule has 1 unspecified atom stereocenters. The van der Waals surface area contributed by atoms with Crippen molar-refractivity contribution in [3.63, 3.8) is 0 Å². The van der Waals surface area contributed by atoms with Crippen LogP contribution < -0.4 is 4.90 Å². The van der Waals surface area contributed by atoms with Crippen molar-refractivity contribution in [1.82, 2.24) is 4.90 Å². The second-order valence-corrected chi connectivity index (χ2v) is 9.08. The van der Waals surface area contributed by atoms with Gasteiger partial charge in [-0.25, -0.2) is 4.90 Å². The summed E-state index contributed by atoms with van der Waals surface area (Å²) in [5.41, 5.74) is -0.0781. The lowest BCUT2D eigenvalue weighted by atomic mass is 10.1. The van der Waals surface area contributed by atoms with E-state index >= 15 is 0 Å². The van der Waals surface area contributed by atoms with Gasteiger partial charge in [-0.1, -0.05) is 29.3 Å². The predicted molar refractivity (Wildman–Crippen MR) is 125 cm³/mol. The monoisotopic (exact) mass is 503 g/mol. The Kier molecular flexibility index (Phi) is 6.46. The summed E-state index contributed by atoms with van der Waals surface area (Å²) in [5, 5.41) is 13.5. The molecule has 0 N–H and O–H groups in total. The molecule has 168 valence electrons. The minimum Gasteiger partial charge on any atom is -0.321 e. The van der Waals surface area contributed by atoms with Gasteiger partial charge in [0.05, 0.1) is 23.6 Å². The Hall–Kier alpha value is -3.27. The molecular formula is C22H15Cl2N3O5S. The number of nitrogens with zero attached hydrogens (tertiary/aromatic N) is 3. The van der Waals surface area contributed by atoms with E-state index in [4.69, 9.17) is 23.2 Å². The van der Waals surface area contributed by atoms with Gasteiger partial charge >= 0.3 is 0 Å². The van der Waals surface area contributed by atoms with Crippen LogP contribution in [0.15, 0.2) is 60.0 Å². The van der Waals surface area contributed by atoms with Gasteiger partial charge in [-0.3, -0.25) is 24.5 Å². The van der Waals surface area contributed by atoms with Crippen molar-refractivity contribution in [2.75, 3.05) is 4.90 Å². The van der Waals surface area contributed by atoms with Crippen molar-refractivity contribution in [3.8, 4) is 0 Å². The first-order valence-electron chi connectivity index (χ1n) is 9.66. The molecule has 0 saturated carbocycles. The molecule has 3 amide bonds. The smallest absolute Gasteiger partial charge is 0.288 e. The highest BCUT2D eigenvalue weighted by Gasteiger charge is 2.44. The van der Waals surface area contributed by atoms with Crippen LogP contribution in [-0.2, 0) is 16.1 Å². The Balaban J connectivity index is 1.70. The van der Waals surface area contributed by atoms with Gasteiger partial charge in [0.15, 0.2) is 0 Å². The SMILES string of the molecule is O=C1CC(N(Cc2cccs2)C(=O)c2ccc(Cl)c([N+](=O)[O-])c2)C(=O)N1c1ccc(Cl)cc1. The quantitative estimate of drug-likeness (QED) is 0.269. The Bertz CT molecular complexity index is 1250. The van der Waals surface area contributed by atoms with Crippen molar-refractivity contribution >= 4 is 63.6 Å². The number of carbonyl (C=O) groups is 3. The van der Waals surface area contributed by atoms with Crippen molar-refractivity contribution in [2.45, 2.75) is 19.0 Å². The van der Waals surface area contributed by atoms with Gasteiger partial charge in [-0.15, -0.1) is 11.3 Å². The first-order valence-corrected chi connectivity index (χ1v) is 11.3. The summed E-state index contributed by atoms with van der Waals surface area (Å²) in [6, 6.07) is 12.4. The van der Waals surface area contributed by atoms with Crippen LogP contribution in [-0.4, -0.2) is 33.6 Å². The summed E-state index contributed by atoms with van der Waals surface area (Å²) in [6.45, 7) is 0.0606. The standard InChI is InChI=1S/C22H15Cl2N3O5S/c23-14-4-6-15(7-5-14)26-20(28)11-19(22(26)30)25(12-16-2-1-9-33-16)21(29)13-3-8-17(24)18(10-13)27(31)32/h1-10,19H,11-12H2. The molecule has 1 saturated heterocycles. The van der Waals surface area contributed by atoms with E-state index in [9.17, 15) is 24.5 Å². The number of nitro groups is 1. The third-order valence-corrected chi connectivity index (χ3v) is 6.57. The lowest BCUT2D eigenvalue weighted by molar-refractivity contribution is -0.384. The van der Waals surface area contributed by atoms with Crippen LogP contribution in [0.3, 0.4) is 0 Å². The van der Waals surface area contributed by atoms with E-state index in [0.717, 1.165) is 15.8 Å². The average molecular weight is 504 g/mol. The molecule has 33 heavy (non-hydrogen) atoms. The molecular weight excluding hydrogens is 489 g/mol. The fraction of sp³-hybridized carbons (Fsp3) is 0.136. The lowest BCUT2D eigenvalue weighted by Crippen LogP contribution is -2.45. The number of hydrogen-bond acceptors (Lipinski definition) is 6. The molecule has 0 spiro atoms. The van der Waals surface area contributed by atoms with Gasteiger partial charge < -0.3 is 4.90 Å². The fourth-order valence-electron chi connectivity index (χ4n) is 3.57. The molecule has 1 fully saturated rings. The number of carbonyl (C=O) groups excluding carboxylic acids is 3. The molecule has 4 rings (SSSR count). The summed E-state index contributed by atoms with van der Waals surface area (Å²) in [6.07, 6.45) is -0.214. The Labute approximate surface area is 202 Å². The van der Waals surface area contributed by atoms with Crippen LogP contribution in [0.25, 0.3) is 0 Å². The number of anilines is 1. The van der Waals surface area contributed by atoms with Gasteiger partial charge in [0.2, 0.25) is 5.91 Å². The summed E-state index contributed by atoms with van der Waals surface area (Å²) in [4.78, 5) is 53.2. The number of hydrogen-bond donors (Lipinski definition) is 0. The molecule has 1 atom stereocenters. The molecule has 0 radical (unpaired) electrons.